The average molecular weight is 249 g/mol. The van der Waals surface area contributed by atoms with E-state index in [2.05, 4.69) is 53.1 Å². The summed E-state index contributed by atoms with van der Waals surface area (Å²) in [6, 6.07) is 8.29. The van der Waals surface area contributed by atoms with Crippen LogP contribution in [0.1, 0.15) is 0 Å². The summed E-state index contributed by atoms with van der Waals surface area (Å²) in [4.78, 5) is 1.22. The van der Waals surface area contributed by atoms with E-state index < -0.39 is 0 Å². The quantitative estimate of drug-likeness (QED) is 0.544. The number of halogens is 1. The maximum atomic E-state index is 3.70. The molecule has 0 N–H and O–H groups in total. The first-order valence-electron chi connectivity index (χ1n) is 2.50. The third-order valence-corrected chi connectivity index (χ3v) is 2.30. The number of hydrogen-bond donors (Lipinski definition) is 0. The summed E-state index contributed by atoms with van der Waals surface area (Å²) >= 11 is 3.81. The van der Waals surface area contributed by atoms with E-state index in [0.717, 1.165) is 0 Å². The lowest BCUT2D eigenvalue weighted by atomic mass is 10.4. The molecule has 0 saturated carbocycles. The zero-order chi connectivity index (χ0) is 6.69. The fourth-order valence-corrected chi connectivity index (χ4v) is 1.22. The summed E-state index contributed by atoms with van der Waals surface area (Å²) in [5, 5.41) is 0. The number of hydrogen-bond acceptors (Lipinski definition) is 1. The first-order valence-corrected chi connectivity index (χ1v) is 4.57. The molecular weight excluding hydrogens is 243 g/mol. The van der Waals surface area contributed by atoms with Crippen LogP contribution in [0.15, 0.2) is 29.2 Å². The van der Waals surface area contributed by atoms with E-state index in [1.54, 1.807) is 0 Å². The third-order valence-electron chi connectivity index (χ3n) is 0.980. The first-order chi connectivity index (χ1) is 4.33. The van der Waals surface area contributed by atoms with Gasteiger partial charge in [-0.2, -0.15) is 0 Å². The lowest BCUT2D eigenvalue weighted by Gasteiger charge is -1.92. The average Bonchev–Trinajstić information content (AvgIpc) is 1.90. The predicted molar refractivity (Wildman–Crippen MR) is 50.4 cm³/mol. The molecule has 0 fully saturated rings. The topological polar surface area (TPSA) is 0 Å². The minimum absolute atomic E-state index is 1.22. The lowest BCUT2D eigenvalue weighted by molar-refractivity contribution is 1.45. The van der Waals surface area contributed by atoms with Crippen LogP contribution in [-0.4, -0.2) is 0 Å². The summed E-state index contributed by atoms with van der Waals surface area (Å²) in [7, 11) is 0. The van der Waals surface area contributed by atoms with E-state index in [9.17, 15) is 0 Å². The van der Waals surface area contributed by atoms with E-state index in [-0.39, 0.29) is 0 Å². The van der Waals surface area contributed by atoms with Crippen LogP contribution in [0, 0.1) is 9.83 Å². The van der Waals surface area contributed by atoms with Gasteiger partial charge in [0, 0.05) is 14.7 Å². The van der Waals surface area contributed by atoms with Crippen LogP contribution in [-0.2, 0) is 0 Å². The van der Waals surface area contributed by atoms with Gasteiger partial charge in [-0.3, -0.25) is 0 Å². The molecule has 0 bridgehead atoms. The molecule has 0 aromatic heterocycles. The van der Waals surface area contributed by atoms with Gasteiger partial charge in [0.25, 0.3) is 0 Å². The monoisotopic (exact) mass is 249 g/mol. The molecule has 47 valence electrons. The number of benzene rings is 1. The Morgan fingerprint density at radius 1 is 1.22 bits per heavy atom. The van der Waals surface area contributed by atoms with Crippen molar-refractivity contribution in [3.63, 3.8) is 0 Å². The predicted octanol–water partition coefficient (Wildman–Crippen LogP) is 3.17. The van der Waals surface area contributed by atoms with Gasteiger partial charge < -0.3 is 0 Å². The Morgan fingerprint density at radius 3 is 2.22 bits per heavy atom. The maximum Gasteiger partial charge on any atom is 0.0131 e. The van der Waals surface area contributed by atoms with E-state index in [0.29, 0.717) is 0 Å². The molecule has 0 atom stereocenters. The first kappa shape index (κ1) is 7.41. The molecule has 1 aromatic rings. The van der Waals surface area contributed by atoms with Crippen LogP contribution in [0.5, 0.6) is 0 Å². The Kier molecular flexibility index (Phi) is 2.85. The molecule has 1 rings (SSSR count). The Bertz CT molecular complexity index is 181. The van der Waals surface area contributed by atoms with Crippen molar-refractivity contribution in [2.24, 2.45) is 0 Å². The van der Waals surface area contributed by atoms with Crippen LogP contribution < -0.4 is 0 Å². The fourth-order valence-electron chi connectivity index (χ4n) is 0.531. The van der Waals surface area contributed by atoms with Crippen LogP contribution >= 0.6 is 34.4 Å². The molecule has 0 saturated heterocycles. The van der Waals surface area contributed by atoms with Gasteiger partial charge >= 0.3 is 0 Å². The molecule has 2 heteroatoms. The van der Waals surface area contributed by atoms with Crippen LogP contribution in [0.2, 0.25) is 0 Å². The molecule has 0 aliphatic heterocycles. The second kappa shape index (κ2) is 3.46. The van der Waals surface area contributed by atoms with E-state index in [4.69, 9.17) is 0 Å². The van der Waals surface area contributed by atoms with E-state index >= 15 is 0 Å². The van der Waals surface area contributed by atoms with Crippen molar-refractivity contribution in [3.8, 4) is 0 Å². The van der Waals surface area contributed by atoms with Gasteiger partial charge in [0.15, 0.2) is 0 Å². The molecule has 9 heavy (non-hydrogen) atoms. The van der Waals surface area contributed by atoms with Crippen molar-refractivity contribution in [1.29, 1.82) is 0 Å². The van der Waals surface area contributed by atoms with Gasteiger partial charge in [0.1, 0.15) is 0 Å². The lowest BCUT2D eigenvalue weighted by Crippen LogP contribution is -1.68. The Labute approximate surface area is 73.2 Å². The Hall–Kier alpha value is 0.300. The van der Waals surface area contributed by atoms with Crippen LogP contribution in [0.25, 0.3) is 0 Å². The summed E-state index contributed by atoms with van der Waals surface area (Å²) in [6.07, 6.45) is 3.70. The molecule has 0 aliphatic carbocycles. The van der Waals surface area contributed by atoms with Crippen molar-refractivity contribution in [3.05, 3.63) is 34.1 Å². The summed E-state index contributed by atoms with van der Waals surface area (Å²) in [5.74, 6) is 0. The minimum Gasteiger partial charge on any atom is -0.125 e. The van der Waals surface area contributed by atoms with Gasteiger partial charge in [-0.15, -0.1) is 11.8 Å². The van der Waals surface area contributed by atoms with Crippen molar-refractivity contribution in [2.45, 2.75) is 4.90 Å². The highest BCUT2D eigenvalue weighted by Gasteiger charge is 1.86. The third kappa shape index (κ3) is 2.18. The normalized spacial score (nSPS) is 9.56. The molecule has 1 aromatic carbocycles. The Balaban J connectivity index is 2.88. The molecular formula is C7H6IS. The van der Waals surface area contributed by atoms with Crippen molar-refractivity contribution in [2.75, 3.05) is 0 Å². The van der Waals surface area contributed by atoms with E-state index in [1.165, 1.54) is 20.2 Å². The zero-order valence-electron chi connectivity index (χ0n) is 4.80. The van der Waals surface area contributed by atoms with Gasteiger partial charge in [-0.05, 0) is 46.9 Å². The van der Waals surface area contributed by atoms with E-state index in [1.807, 2.05) is 0 Å². The second-order valence-corrected chi connectivity index (χ2v) is 3.60. The van der Waals surface area contributed by atoms with Gasteiger partial charge in [0.2, 0.25) is 0 Å². The van der Waals surface area contributed by atoms with Crippen LogP contribution in [0.3, 0.4) is 0 Å². The maximum absolute atomic E-state index is 3.70. The highest BCUT2D eigenvalue weighted by atomic mass is 127. The van der Waals surface area contributed by atoms with Crippen LogP contribution in [0.4, 0.5) is 0 Å². The van der Waals surface area contributed by atoms with Crippen molar-refractivity contribution in [1.82, 2.24) is 0 Å². The molecule has 0 heterocycles. The fraction of sp³-hybridized carbons (Fsp3) is 0. The number of thioether (sulfide) groups is 1. The summed E-state index contributed by atoms with van der Waals surface area (Å²) in [6.45, 7) is 0. The SMILES string of the molecule is [CH2]Sc1ccc(I)cc1. The molecule has 1 radical (unpaired) electrons. The molecule has 0 amide bonds. The minimum atomic E-state index is 1.22. The van der Waals surface area contributed by atoms with Gasteiger partial charge in [0.05, 0.1) is 0 Å². The van der Waals surface area contributed by atoms with Gasteiger partial charge in [-0.1, -0.05) is 0 Å². The Morgan fingerprint density at radius 2 is 1.78 bits per heavy atom. The molecule has 0 aliphatic rings. The van der Waals surface area contributed by atoms with Crippen molar-refractivity contribution < 1.29 is 0 Å². The van der Waals surface area contributed by atoms with Crippen molar-refractivity contribution >= 4 is 34.4 Å². The largest absolute Gasteiger partial charge is 0.125 e. The van der Waals surface area contributed by atoms with Gasteiger partial charge in [-0.25, -0.2) is 0 Å². The molecule has 0 unspecified atom stereocenters. The highest BCUT2D eigenvalue weighted by Crippen LogP contribution is 2.16. The standard InChI is InChI=1S/C7H6IS/c1-9-7-4-2-6(8)3-5-7/h2-5H,1H2. The smallest absolute Gasteiger partial charge is 0.0131 e. The highest BCUT2D eigenvalue weighted by molar-refractivity contribution is 14.1. The number of rotatable bonds is 1. The second-order valence-electron chi connectivity index (χ2n) is 1.60. The summed E-state index contributed by atoms with van der Waals surface area (Å²) < 4.78 is 1.27. The molecule has 0 spiro atoms. The molecule has 0 nitrogen and oxygen atoms in total. The zero-order valence-corrected chi connectivity index (χ0v) is 7.78. The summed E-state index contributed by atoms with van der Waals surface area (Å²) in [5.41, 5.74) is 0.